The number of ether oxygens (including phenoxy) is 1. The van der Waals surface area contributed by atoms with E-state index in [0.717, 1.165) is 26.2 Å². The Hall–Kier alpha value is -0.380. The van der Waals surface area contributed by atoms with E-state index in [-0.39, 0.29) is 0 Å². The maximum Gasteiger partial charge on any atom is 0.0591 e. The predicted molar refractivity (Wildman–Crippen MR) is 68.7 cm³/mol. The first-order valence-electron chi connectivity index (χ1n) is 6.40. The molecule has 1 atom stereocenters. The molecule has 0 radical (unpaired) electrons. The van der Waals surface area contributed by atoms with E-state index in [1.54, 1.807) is 0 Å². The summed E-state index contributed by atoms with van der Waals surface area (Å²) in [5.41, 5.74) is 0. The molecule has 1 N–H and O–H groups in total. The Bertz CT molecular complexity index is 194. The van der Waals surface area contributed by atoms with E-state index in [1.807, 2.05) is 6.08 Å². The van der Waals surface area contributed by atoms with Crippen molar-refractivity contribution < 1.29 is 4.74 Å². The van der Waals surface area contributed by atoms with Gasteiger partial charge in [0.05, 0.1) is 13.2 Å². The second kappa shape index (κ2) is 7.82. The van der Waals surface area contributed by atoms with Crippen molar-refractivity contribution in [3.05, 3.63) is 12.7 Å². The third kappa shape index (κ3) is 5.10. The number of nitrogens with one attached hydrogen (secondary N) is 1. The molecule has 0 amide bonds. The molecule has 1 aliphatic rings. The van der Waals surface area contributed by atoms with Gasteiger partial charge in [0, 0.05) is 25.2 Å². The zero-order valence-electron chi connectivity index (χ0n) is 10.7. The molecule has 16 heavy (non-hydrogen) atoms. The van der Waals surface area contributed by atoms with Gasteiger partial charge in [0.15, 0.2) is 0 Å². The summed E-state index contributed by atoms with van der Waals surface area (Å²) in [5.74, 6) is 0. The molecule has 0 spiro atoms. The molecule has 94 valence electrons. The van der Waals surface area contributed by atoms with Crippen molar-refractivity contribution in [3.63, 3.8) is 0 Å². The lowest BCUT2D eigenvalue weighted by Gasteiger charge is -2.20. The largest absolute Gasteiger partial charge is 0.380 e. The first-order chi connectivity index (χ1) is 7.74. The summed E-state index contributed by atoms with van der Waals surface area (Å²) in [6, 6.07) is 1.33. The van der Waals surface area contributed by atoms with Crippen molar-refractivity contribution in [2.75, 3.05) is 32.8 Å². The lowest BCUT2D eigenvalue weighted by Crippen LogP contribution is -2.36. The van der Waals surface area contributed by atoms with Gasteiger partial charge in [0.2, 0.25) is 0 Å². The second-order valence-corrected chi connectivity index (χ2v) is 4.72. The Morgan fingerprint density at radius 2 is 2.31 bits per heavy atom. The lowest BCUT2D eigenvalue weighted by atomic mass is 10.2. The topological polar surface area (TPSA) is 24.5 Å². The van der Waals surface area contributed by atoms with Crippen LogP contribution < -0.4 is 5.32 Å². The molecule has 0 aliphatic carbocycles. The average molecular weight is 226 g/mol. The Labute approximate surface area is 99.8 Å². The fourth-order valence-electron chi connectivity index (χ4n) is 2.03. The van der Waals surface area contributed by atoms with E-state index in [0.29, 0.717) is 12.1 Å². The molecule has 1 fully saturated rings. The zero-order valence-corrected chi connectivity index (χ0v) is 10.7. The molecule has 0 aromatic heterocycles. The van der Waals surface area contributed by atoms with Gasteiger partial charge in [-0.1, -0.05) is 6.08 Å². The highest BCUT2D eigenvalue weighted by molar-refractivity contribution is 4.82. The van der Waals surface area contributed by atoms with E-state index in [9.17, 15) is 0 Å². The molecule has 1 saturated heterocycles. The average Bonchev–Trinajstić information content (AvgIpc) is 2.72. The van der Waals surface area contributed by atoms with E-state index in [2.05, 4.69) is 30.6 Å². The molecule has 0 aromatic rings. The Morgan fingerprint density at radius 1 is 1.50 bits per heavy atom. The van der Waals surface area contributed by atoms with Gasteiger partial charge in [-0.2, -0.15) is 0 Å². The molecule has 1 heterocycles. The first-order valence-corrected chi connectivity index (χ1v) is 6.40. The minimum absolute atomic E-state index is 0.658. The Morgan fingerprint density at radius 3 is 2.94 bits per heavy atom. The minimum atomic E-state index is 0.658. The maximum absolute atomic E-state index is 5.46. The number of nitrogens with zero attached hydrogens (tertiary/aromatic N) is 1. The summed E-state index contributed by atoms with van der Waals surface area (Å²) < 4.78 is 5.46. The van der Waals surface area contributed by atoms with E-state index < -0.39 is 0 Å². The Kier molecular flexibility index (Phi) is 6.69. The van der Waals surface area contributed by atoms with Crippen molar-refractivity contribution in [3.8, 4) is 0 Å². The molecule has 0 bridgehead atoms. The fourth-order valence-corrected chi connectivity index (χ4v) is 2.03. The van der Waals surface area contributed by atoms with Crippen LogP contribution in [-0.4, -0.2) is 49.8 Å². The van der Waals surface area contributed by atoms with Gasteiger partial charge in [0.1, 0.15) is 0 Å². The van der Waals surface area contributed by atoms with Gasteiger partial charge in [-0.25, -0.2) is 0 Å². The molecule has 0 saturated carbocycles. The summed E-state index contributed by atoms with van der Waals surface area (Å²) in [6.07, 6.45) is 4.11. The van der Waals surface area contributed by atoms with Crippen molar-refractivity contribution >= 4 is 0 Å². The van der Waals surface area contributed by atoms with Gasteiger partial charge in [0.25, 0.3) is 0 Å². The standard InChI is InChI=1S/C13H26N2O/c1-4-5-9-16-10-7-14-13-6-8-15(11-13)12(2)3/h4,12-14H,1,5-11H2,2-3H3. The van der Waals surface area contributed by atoms with Crippen LogP contribution in [0.25, 0.3) is 0 Å². The predicted octanol–water partition coefficient (Wildman–Crippen LogP) is 1.65. The van der Waals surface area contributed by atoms with Crippen LogP contribution in [0.1, 0.15) is 26.7 Å². The van der Waals surface area contributed by atoms with E-state index in [1.165, 1.54) is 19.5 Å². The molecule has 1 unspecified atom stereocenters. The highest BCUT2D eigenvalue weighted by Gasteiger charge is 2.23. The highest BCUT2D eigenvalue weighted by atomic mass is 16.5. The van der Waals surface area contributed by atoms with Crippen LogP contribution in [0.2, 0.25) is 0 Å². The zero-order chi connectivity index (χ0) is 11.8. The fraction of sp³-hybridized carbons (Fsp3) is 0.846. The Balaban J connectivity index is 1.96. The van der Waals surface area contributed by atoms with Gasteiger partial charge >= 0.3 is 0 Å². The number of hydrogen-bond donors (Lipinski definition) is 1. The molecule has 1 aliphatic heterocycles. The van der Waals surface area contributed by atoms with Crippen LogP contribution >= 0.6 is 0 Å². The summed E-state index contributed by atoms with van der Waals surface area (Å²) in [5, 5.41) is 3.55. The smallest absolute Gasteiger partial charge is 0.0591 e. The summed E-state index contributed by atoms with van der Waals surface area (Å²) in [4.78, 5) is 2.52. The van der Waals surface area contributed by atoms with E-state index in [4.69, 9.17) is 4.74 Å². The van der Waals surface area contributed by atoms with Crippen LogP contribution in [0.15, 0.2) is 12.7 Å². The monoisotopic (exact) mass is 226 g/mol. The number of likely N-dealkylation sites (tertiary alicyclic amines) is 1. The molecule has 1 rings (SSSR count). The number of rotatable bonds is 8. The second-order valence-electron chi connectivity index (χ2n) is 4.72. The van der Waals surface area contributed by atoms with Crippen LogP contribution in [0.3, 0.4) is 0 Å². The van der Waals surface area contributed by atoms with Gasteiger partial charge in [-0.3, -0.25) is 4.90 Å². The van der Waals surface area contributed by atoms with Gasteiger partial charge < -0.3 is 10.1 Å². The maximum atomic E-state index is 5.46. The summed E-state index contributed by atoms with van der Waals surface area (Å²) in [7, 11) is 0. The van der Waals surface area contributed by atoms with Gasteiger partial charge in [-0.15, -0.1) is 6.58 Å². The quantitative estimate of drug-likeness (QED) is 0.503. The van der Waals surface area contributed by atoms with Gasteiger partial charge in [-0.05, 0) is 33.2 Å². The van der Waals surface area contributed by atoms with E-state index >= 15 is 0 Å². The highest BCUT2D eigenvalue weighted by Crippen LogP contribution is 2.11. The molecular formula is C13H26N2O. The summed E-state index contributed by atoms with van der Waals surface area (Å²) >= 11 is 0. The molecular weight excluding hydrogens is 200 g/mol. The molecule has 3 nitrogen and oxygen atoms in total. The van der Waals surface area contributed by atoms with Crippen LogP contribution in [0.4, 0.5) is 0 Å². The third-order valence-electron chi connectivity index (χ3n) is 3.10. The van der Waals surface area contributed by atoms with Crippen molar-refractivity contribution in [1.29, 1.82) is 0 Å². The molecule has 0 aromatic carbocycles. The van der Waals surface area contributed by atoms with Crippen molar-refractivity contribution in [1.82, 2.24) is 10.2 Å². The lowest BCUT2D eigenvalue weighted by molar-refractivity contribution is 0.138. The van der Waals surface area contributed by atoms with Crippen molar-refractivity contribution in [2.45, 2.75) is 38.8 Å². The normalized spacial score (nSPS) is 21.8. The van der Waals surface area contributed by atoms with Crippen LogP contribution in [0.5, 0.6) is 0 Å². The minimum Gasteiger partial charge on any atom is -0.380 e. The summed E-state index contributed by atoms with van der Waals surface area (Å²) in [6.45, 7) is 13.2. The first kappa shape index (κ1) is 13.7. The number of hydrogen-bond acceptors (Lipinski definition) is 3. The van der Waals surface area contributed by atoms with Crippen LogP contribution in [0, 0.1) is 0 Å². The van der Waals surface area contributed by atoms with Crippen LogP contribution in [-0.2, 0) is 4.74 Å². The third-order valence-corrected chi connectivity index (χ3v) is 3.10. The SMILES string of the molecule is C=CCCOCCNC1CCN(C(C)C)C1. The van der Waals surface area contributed by atoms with Crippen molar-refractivity contribution in [2.24, 2.45) is 0 Å². The molecule has 3 heteroatoms.